The van der Waals surface area contributed by atoms with E-state index >= 15 is 0 Å². The van der Waals surface area contributed by atoms with Crippen molar-refractivity contribution >= 4 is 22.6 Å². The Morgan fingerprint density at radius 3 is 2.57 bits per heavy atom. The molecule has 1 saturated heterocycles. The summed E-state index contributed by atoms with van der Waals surface area (Å²) < 4.78 is 37.9. The number of aromatic amines is 1. The Bertz CT molecular complexity index is 975. The van der Waals surface area contributed by atoms with Crippen LogP contribution in [0.2, 0.25) is 0 Å². The highest BCUT2D eigenvalue weighted by Gasteiger charge is 2.31. The number of para-hydroxylation sites is 1. The molecule has 2 aromatic heterocycles. The number of alkyl halides is 3. The SMILES string of the molecule is O=C(NC1CCN(c2ccc(C(F)(F)F)cn2)CC1)c1n[nH]c2ccccc12. The molecular weight excluding hydrogens is 371 g/mol. The van der Waals surface area contributed by atoms with Gasteiger partial charge >= 0.3 is 6.18 Å². The number of piperidine rings is 1. The normalized spacial score (nSPS) is 15.8. The minimum atomic E-state index is -4.39. The zero-order valence-corrected chi connectivity index (χ0v) is 14.8. The molecule has 3 heterocycles. The molecule has 28 heavy (non-hydrogen) atoms. The van der Waals surface area contributed by atoms with E-state index in [4.69, 9.17) is 0 Å². The first-order valence-corrected chi connectivity index (χ1v) is 8.94. The molecule has 3 aromatic rings. The number of halogens is 3. The van der Waals surface area contributed by atoms with Crippen molar-refractivity contribution < 1.29 is 18.0 Å². The molecule has 2 N–H and O–H groups in total. The van der Waals surface area contributed by atoms with E-state index in [0.29, 0.717) is 37.4 Å². The van der Waals surface area contributed by atoms with Crippen LogP contribution in [0.5, 0.6) is 0 Å². The molecule has 0 radical (unpaired) electrons. The Balaban J connectivity index is 1.36. The maximum absolute atomic E-state index is 12.6. The number of amides is 1. The van der Waals surface area contributed by atoms with Gasteiger partial charge in [0.25, 0.3) is 5.91 Å². The second kappa shape index (κ2) is 7.14. The lowest BCUT2D eigenvalue weighted by molar-refractivity contribution is -0.137. The van der Waals surface area contributed by atoms with Gasteiger partial charge in [0.15, 0.2) is 5.69 Å². The largest absolute Gasteiger partial charge is 0.417 e. The van der Waals surface area contributed by atoms with E-state index in [1.165, 1.54) is 6.07 Å². The van der Waals surface area contributed by atoms with Crippen molar-refractivity contribution in [3.63, 3.8) is 0 Å². The molecule has 4 rings (SSSR count). The molecule has 1 aromatic carbocycles. The summed E-state index contributed by atoms with van der Waals surface area (Å²) in [7, 11) is 0. The summed E-state index contributed by atoms with van der Waals surface area (Å²) in [6.45, 7) is 1.20. The lowest BCUT2D eigenvalue weighted by Gasteiger charge is -2.33. The van der Waals surface area contributed by atoms with Gasteiger partial charge in [0.1, 0.15) is 5.82 Å². The fourth-order valence-corrected chi connectivity index (χ4v) is 3.38. The number of carbonyl (C=O) groups is 1. The lowest BCUT2D eigenvalue weighted by Crippen LogP contribution is -2.45. The summed E-state index contributed by atoms with van der Waals surface area (Å²) in [5.41, 5.74) is 0.405. The standard InChI is InChI=1S/C19H18F3N5O/c20-19(21,22)12-5-6-16(23-11-12)27-9-7-13(8-10-27)24-18(28)17-14-3-1-2-4-15(14)25-26-17/h1-6,11,13H,7-10H2,(H,24,28)(H,25,26). The summed E-state index contributed by atoms with van der Waals surface area (Å²) in [4.78, 5) is 18.4. The lowest BCUT2D eigenvalue weighted by atomic mass is 10.0. The summed E-state index contributed by atoms with van der Waals surface area (Å²) in [5.74, 6) is 0.277. The van der Waals surface area contributed by atoms with Gasteiger partial charge in [0.05, 0.1) is 11.1 Å². The Morgan fingerprint density at radius 2 is 1.89 bits per heavy atom. The van der Waals surface area contributed by atoms with E-state index < -0.39 is 11.7 Å². The van der Waals surface area contributed by atoms with Crippen molar-refractivity contribution in [1.82, 2.24) is 20.5 Å². The third-order valence-corrected chi connectivity index (χ3v) is 4.91. The first kappa shape index (κ1) is 18.3. The van der Waals surface area contributed by atoms with Gasteiger partial charge in [-0.1, -0.05) is 18.2 Å². The van der Waals surface area contributed by atoms with Gasteiger partial charge < -0.3 is 10.2 Å². The summed E-state index contributed by atoms with van der Waals surface area (Å²) in [5, 5.41) is 10.7. The molecule has 0 atom stereocenters. The molecular formula is C19H18F3N5O. The van der Waals surface area contributed by atoms with Crippen LogP contribution in [0.3, 0.4) is 0 Å². The van der Waals surface area contributed by atoms with E-state index in [2.05, 4.69) is 20.5 Å². The Labute approximate surface area is 158 Å². The fraction of sp³-hybridized carbons (Fsp3) is 0.316. The number of H-pyrrole nitrogens is 1. The summed E-state index contributed by atoms with van der Waals surface area (Å²) in [6.07, 6.45) is -2.18. The summed E-state index contributed by atoms with van der Waals surface area (Å²) in [6, 6.07) is 9.82. The highest BCUT2D eigenvalue weighted by molar-refractivity contribution is 6.04. The third kappa shape index (κ3) is 3.64. The Morgan fingerprint density at radius 1 is 1.14 bits per heavy atom. The van der Waals surface area contributed by atoms with Crippen molar-refractivity contribution in [3.05, 3.63) is 53.9 Å². The second-order valence-electron chi connectivity index (χ2n) is 6.76. The molecule has 0 saturated carbocycles. The van der Waals surface area contributed by atoms with E-state index in [0.717, 1.165) is 23.2 Å². The van der Waals surface area contributed by atoms with Crippen molar-refractivity contribution in [3.8, 4) is 0 Å². The van der Waals surface area contributed by atoms with Gasteiger partial charge in [0.2, 0.25) is 0 Å². The minimum absolute atomic E-state index is 0.0198. The number of anilines is 1. The number of hydrogen-bond donors (Lipinski definition) is 2. The molecule has 0 bridgehead atoms. The number of nitrogens with one attached hydrogen (secondary N) is 2. The van der Waals surface area contributed by atoms with Gasteiger partial charge in [-0.05, 0) is 31.0 Å². The van der Waals surface area contributed by atoms with Crippen LogP contribution in [-0.4, -0.2) is 40.2 Å². The van der Waals surface area contributed by atoms with Crippen molar-refractivity contribution in [1.29, 1.82) is 0 Å². The molecule has 1 aliphatic rings. The van der Waals surface area contributed by atoms with Crippen LogP contribution in [0.1, 0.15) is 28.9 Å². The van der Waals surface area contributed by atoms with E-state index in [1.807, 2.05) is 29.2 Å². The van der Waals surface area contributed by atoms with Gasteiger partial charge in [-0.25, -0.2) is 4.98 Å². The first-order chi connectivity index (χ1) is 13.4. The van der Waals surface area contributed by atoms with Gasteiger partial charge in [-0.15, -0.1) is 0 Å². The number of aromatic nitrogens is 3. The van der Waals surface area contributed by atoms with Crippen LogP contribution in [0.15, 0.2) is 42.6 Å². The molecule has 0 spiro atoms. The van der Waals surface area contributed by atoms with Crippen molar-refractivity contribution in [2.24, 2.45) is 0 Å². The topological polar surface area (TPSA) is 73.9 Å². The molecule has 0 aliphatic carbocycles. The quantitative estimate of drug-likeness (QED) is 0.720. The zero-order valence-electron chi connectivity index (χ0n) is 14.8. The minimum Gasteiger partial charge on any atom is -0.356 e. The third-order valence-electron chi connectivity index (χ3n) is 4.91. The Kier molecular flexibility index (Phi) is 4.66. The first-order valence-electron chi connectivity index (χ1n) is 8.94. The van der Waals surface area contributed by atoms with Gasteiger partial charge in [-0.2, -0.15) is 18.3 Å². The number of rotatable bonds is 3. The van der Waals surface area contributed by atoms with Crippen LogP contribution in [0.25, 0.3) is 10.9 Å². The predicted octanol–water partition coefficient (Wildman–Crippen LogP) is 3.38. The number of pyridine rings is 1. The number of fused-ring (bicyclic) bond motifs is 1. The molecule has 6 nitrogen and oxygen atoms in total. The Hall–Kier alpha value is -3.10. The average molecular weight is 389 g/mol. The molecule has 9 heteroatoms. The molecule has 146 valence electrons. The van der Waals surface area contributed by atoms with Gasteiger partial charge in [0, 0.05) is 30.7 Å². The van der Waals surface area contributed by atoms with E-state index in [-0.39, 0.29) is 11.9 Å². The average Bonchev–Trinajstić information content (AvgIpc) is 3.12. The second-order valence-corrected chi connectivity index (χ2v) is 6.76. The summed E-state index contributed by atoms with van der Waals surface area (Å²) >= 11 is 0. The molecule has 1 aliphatic heterocycles. The van der Waals surface area contributed by atoms with Crippen LogP contribution in [0.4, 0.5) is 19.0 Å². The monoisotopic (exact) mass is 389 g/mol. The number of hydrogen-bond acceptors (Lipinski definition) is 4. The highest BCUT2D eigenvalue weighted by atomic mass is 19.4. The number of benzene rings is 1. The van der Waals surface area contributed by atoms with Crippen molar-refractivity contribution in [2.45, 2.75) is 25.1 Å². The maximum Gasteiger partial charge on any atom is 0.417 e. The maximum atomic E-state index is 12.6. The highest BCUT2D eigenvalue weighted by Crippen LogP contribution is 2.29. The van der Waals surface area contributed by atoms with E-state index in [1.54, 1.807) is 0 Å². The number of nitrogens with zero attached hydrogens (tertiary/aromatic N) is 3. The van der Waals surface area contributed by atoms with E-state index in [9.17, 15) is 18.0 Å². The van der Waals surface area contributed by atoms with Crippen LogP contribution < -0.4 is 10.2 Å². The molecule has 0 unspecified atom stereocenters. The number of carbonyl (C=O) groups excluding carboxylic acids is 1. The van der Waals surface area contributed by atoms with Crippen LogP contribution in [-0.2, 0) is 6.18 Å². The van der Waals surface area contributed by atoms with Crippen LogP contribution >= 0.6 is 0 Å². The van der Waals surface area contributed by atoms with Crippen molar-refractivity contribution in [2.75, 3.05) is 18.0 Å². The molecule has 1 amide bonds. The van der Waals surface area contributed by atoms with Gasteiger partial charge in [-0.3, -0.25) is 9.89 Å². The van der Waals surface area contributed by atoms with Crippen LogP contribution in [0, 0.1) is 0 Å². The zero-order chi connectivity index (χ0) is 19.7. The smallest absolute Gasteiger partial charge is 0.356 e. The predicted molar refractivity (Wildman–Crippen MR) is 98.0 cm³/mol. The molecule has 1 fully saturated rings. The fourth-order valence-electron chi connectivity index (χ4n) is 3.38.